The van der Waals surface area contributed by atoms with E-state index < -0.39 is 0 Å². The number of hydrogen-bond donors (Lipinski definition) is 1. The van der Waals surface area contributed by atoms with Crippen molar-refractivity contribution < 1.29 is 0 Å². The third kappa shape index (κ3) is 285. The molecule has 0 bridgehead atoms. The van der Waals surface area contributed by atoms with Crippen LogP contribution in [0.1, 0.15) is 354 Å². The van der Waals surface area contributed by atoms with E-state index in [-0.39, 0.29) is 0 Å². The van der Waals surface area contributed by atoms with E-state index in [1.165, 1.54) is 270 Å². The molecule has 0 amide bonds. The Kier molecular flexibility index (Phi) is 222. The molecule has 81 heavy (non-hydrogen) atoms. The Labute approximate surface area is 521 Å². The SMILES string of the molecule is C=CCCCC.C=CCCCC.C=CCCCC.C=CCCCC.C=CCCCC.C=CCCCC.C=CCCCC.C=CCCCC.C=CCCCC.C=CCCCC.C=CCCCC.C=CCCCC.CCCCCNCCC. The molecule has 0 aromatic heterocycles. The first-order valence-electron chi connectivity index (χ1n) is 34.4. The molecule has 0 heterocycles. The van der Waals surface area contributed by atoms with Gasteiger partial charge in [-0.25, -0.2) is 0 Å². The largest absolute Gasteiger partial charge is 0.317 e. The van der Waals surface area contributed by atoms with E-state index in [0.29, 0.717) is 0 Å². The summed E-state index contributed by atoms with van der Waals surface area (Å²) in [5.41, 5.74) is 0. The zero-order valence-electron chi connectivity index (χ0n) is 59.6. The van der Waals surface area contributed by atoms with Crippen LogP contribution in [0.5, 0.6) is 0 Å². The van der Waals surface area contributed by atoms with Gasteiger partial charge < -0.3 is 5.32 Å². The van der Waals surface area contributed by atoms with E-state index in [4.69, 9.17) is 0 Å². The van der Waals surface area contributed by atoms with Crippen molar-refractivity contribution in [2.24, 2.45) is 0 Å². The first kappa shape index (κ1) is 109. The fourth-order valence-electron chi connectivity index (χ4n) is 4.98. The molecule has 1 N–H and O–H groups in total. The van der Waals surface area contributed by atoms with Crippen molar-refractivity contribution >= 4 is 0 Å². The fraction of sp³-hybridized carbons (Fsp3) is 0.700. The van der Waals surface area contributed by atoms with Gasteiger partial charge >= 0.3 is 0 Å². The van der Waals surface area contributed by atoms with Crippen molar-refractivity contribution in [1.82, 2.24) is 5.32 Å². The van der Waals surface area contributed by atoms with Crippen LogP contribution in [-0.2, 0) is 0 Å². The molecule has 0 spiro atoms. The van der Waals surface area contributed by atoms with E-state index in [2.05, 4.69) is 181 Å². The maximum absolute atomic E-state index is 3.60. The van der Waals surface area contributed by atoms with Crippen LogP contribution in [0.25, 0.3) is 0 Å². The zero-order valence-corrected chi connectivity index (χ0v) is 59.6. The van der Waals surface area contributed by atoms with Gasteiger partial charge in [0.15, 0.2) is 0 Å². The smallest absolute Gasteiger partial charge is 0.00489 e. The molecule has 0 fully saturated rings. The summed E-state index contributed by atoms with van der Waals surface area (Å²) in [6.45, 7) is 76.2. The summed E-state index contributed by atoms with van der Waals surface area (Å²) in [4.78, 5) is 0. The summed E-state index contributed by atoms with van der Waals surface area (Å²) < 4.78 is 0. The Balaban J connectivity index is -0.0000000563. The van der Waals surface area contributed by atoms with Gasteiger partial charge in [-0.15, -0.1) is 78.9 Å². The summed E-state index contributed by atoms with van der Waals surface area (Å²) in [5.74, 6) is 0. The van der Waals surface area contributed by atoms with Crippen LogP contribution < -0.4 is 5.32 Å². The Morgan fingerprint density at radius 1 is 0.160 bits per heavy atom. The standard InChI is InChI=1S/C8H19N.12C6H12/c1-3-5-6-8-9-7-4-2;12*1-3-5-6-4-2/h9H,3-8H2,1-2H3;12*3H,1,4-6H2,2H3. The topological polar surface area (TPSA) is 12.0 Å². The Hall–Kier alpha value is -3.16. The molecule has 0 saturated carbocycles. The number of unbranched alkanes of at least 4 members (excludes halogenated alkanes) is 26. The van der Waals surface area contributed by atoms with Crippen molar-refractivity contribution in [2.75, 3.05) is 13.1 Å². The molecule has 0 aromatic carbocycles. The highest BCUT2D eigenvalue weighted by atomic mass is 14.8. The van der Waals surface area contributed by atoms with E-state index in [1.54, 1.807) is 0 Å². The summed E-state index contributed by atoms with van der Waals surface area (Å²) >= 11 is 0. The van der Waals surface area contributed by atoms with E-state index >= 15 is 0 Å². The lowest BCUT2D eigenvalue weighted by Crippen LogP contribution is -2.15. The van der Waals surface area contributed by atoms with Crippen molar-refractivity contribution in [3.05, 3.63) is 152 Å². The number of hydrogen-bond acceptors (Lipinski definition) is 1. The van der Waals surface area contributed by atoms with Gasteiger partial charge in [0, 0.05) is 0 Å². The maximum atomic E-state index is 3.60. The summed E-state index contributed by atoms with van der Waals surface area (Å²) in [7, 11) is 0. The first-order chi connectivity index (χ1) is 39.4. The number of allylic oxidation sites excluding steroid dienone is 12. The normalized spacial score (nSPS) is 8.37. The average Bonchev–Trinajstić information content (AvgIpc) is 3.50. The summed E-state index contributed by atoms with van der Waals surface area (Å²) in [6, 6.07) is 0. The van der Waals surface area contributed by atoms with Crippen LogP contribution in [0.4, 0.5) is 0 Å². The zero-order chi connectivity index (χ0) is 64.9. The van der Waals surface area contributed by atoms with Crippen molar-refractivity contribution in [3.63, 3.8) is 0 Å². The van der Waals surface area contributed by atoms with Crippen LogP contribution in [0.2, 0.25) is 0 Å². The second-order valence-corrected chi connectivity index (χ2v) is 19.6. The van der Waals surface area contributed by atoms with Crippen LogP contribution in [-0.4, -0.2) is 13.1 Å². The Morgan fingerprint density at radius 3 is 0.358 bits per heavy atom. The molecule has 0 aliphatic heterocycles. The molecule has 0 unspecified atom stereocenters. The monoisotopic (exact) mass is 1140 g/mol. The molecule has 0 aliphatic rings. The van der Waals surface area contributed by atoms with Gasteiger partial charge in [0.05, 0.1) is 0 Å². The van der Waals surface area contributed by atoms with Crippen LogP contribution in [0, 0.1) is 0 Å². The molecule has 0 aliphatic carbocycles. The molecule has 1 heteroatoms. The summed E-state index contributed by atoms with van der Waals surface area (Å²) in [5, 5.41) is 3.37. The van der Waals surface area contributed by atoms with Crippen molar-refractivity contribution in [3.8, 4) is 0 Å². The molecule has 0 rings (SSSR count). The lowest BCUT2D eigenvalue weighted by Gasteiger charge is -1.99. The minimum absolute atomic E-state index is 1.18. The molecular weight excluding hydrogens is 975 g/mol. The van der Waals surface area contributed by atoms with Crippen molar-refractivity contribution in [1.29, 1.82) is 0 Å². The van der Waals surface area contributed by atoms with Gasteiger partial charge in [0.2, 0.25) is 0 Å². The third-order valence-electron chi connectivity index (χ3n) is 10.5. The average molecular weight is 1140 g/mol. The highest BCUT2D eigenvalue weighted by Gasteiger charge is 1.84. The minimum atomic E-state index is 1.18. The Bertz CT molecular complexity index is 716. The lowest BCUT2D eigenvalue weighted by atomic mass is 10.2. The van der Waals surface area contributed by atoms with E-state index in [9.17, 15) is 0 Å². The quantitative estimate of drug-likeness (QED) is 0.0474. The molecule has 0 saturated heterocycles. The second kappa shape index (κ2) is 164. The van der Waals surface area contributed by atoms with Crippen LogP contribution in [0.3, 0.4) is 0 Å². The fourth-order valence-corrected chi connectivity index (χ4v) is 4.98. The minimum Gasteiger partial charge on any atom is -0.317 e. The van der Waals surface area contributed by atoms with Crippen LogP contribution in [0.15, 0.2) is 152 Å². The van der Waals surface area contributed by atoms with Crippen molar-refractivity contribution in [2.45, 2.75) is 354 Å². The highest BCUT2D eigenvalue weighted by molar-refractivity contribution is 4.69. The van der Waals surface area contributed by atoms with Gasteiger partial charge in [-0.2, -0.15) is 0 Å². The number of nitrogens with one attached hydrogen (secondary N) is 1. The highest BCUT2D eigenvalue weighted by Crippen LogP contribution is 1.97. The predicted molar refractivity (Wildman–Crippen MR) is 399 cm³/mol. The maximum Gasteiger partial charge on any atom is -0.00489 e. The molecule has 1 nitrogen and oxygen atoms in total. The third-order valence-corrected chi connectivity index (χ3v) is 10.5. The summed E-state index contributed by atoms with van der Waals surface area (Å²) in [6.07, 6.45) is 73.9. The van der Waals surface area contributed by atoms with Crippen LogP contribution >= 0.6 is 0 Å². The second-order valence-electron chi connectivity index (χ2n) is 19.6. The molecular formula is C80H163N. The molecule has 0 aromatic rings. The van der Waals surface area contributed by atoms with Gasteiger partial charge in [-0.3, -0.25) is 0 Å². The van der Waals surface area contributed by atoms with Gasteiger partial charge in [0.1, 0.15) is 0 Å². The molecule has 488 valence electrons. The lowest BCUT2D eigenvalue weighted by molar-refractivity contribution is 0.611. The molecule has 0 radical (unpaired) electrons. The first-order valence-corrected chi connectivity index (χ1v) is 34.4. The van der Waals surface area contributed by atoms with Gasteiger partial charge in [-0.05, 0) is 103 Å². The number of rotatable bonds is 42. The predicted octanol–water partition coefficient (Wildman–Crippen LogP) is 30.5. The van der Waals surface area contributed by atoms with Gasteiger partial charge in [0.25, 0.3) is 0 Å². The Morgan fingerprint density at radius 2 is 0.284 bits per heavy atom. The molecule has 0 atom stereocenters. The van der Waals surface area contributed by atoms with E-state index in [0.717, 1.165) is 0 Å². The van der Waals surface area contributed by atoms with E-state index in [1.807, 2.05) is 72.9 Å². The van der Waals surface area contributed by atoms with Gasteiger partial charge in [-0.1, -0.05) is 337 Å².